The predicted molar refractivity (Wildman–Crippen MR) is 111 cm³/mol. The summed E-state index contributed by atoms with van der Waals surface area (Å²) in [5.41, 5.74) is 7.27. The first-order valence-corrected chi connectivity index (χ1v) is 11.2. The molecule has 1 aliphatic heterocycles. The zero-order chi connectivity index (χ0) is 19.5. The minimum Gasteiger partial charge on any atom is -0.207 e. The maximum absolute atomic E-state index is 13.6. The molecule has 3 aromatic rings. The van der Waals surface area contributed by atoms with Crippen LogP contribution in [0.3, 0.4) is 0 Å². The van der Waals surface area contributed by atoms with Gasteiger partial charge in [0.2, 0.25) is 10.0 Å². The van der Waals surface area contributed by atoms with E-state index in [0.717, 1.165) is 17.5 Å². The van der Waals surface area contributed by atoms with Gasteiger partial charge in [0.05, 0.1) is 4.90 Å². The molecule has 0 amide bonds. The van der Waals surface area contributed by atoms with Crippen LogP contribution in [-0.4, -0.2) is 18.8 Å². The van der Waals surface area contributed by atoms with Crippen molar-refractivity contribution >= 4 is 10.0 Å². The van der Waals surface area contributed by atoms with E-state index in [-0.39, 0.29) is 12.0 Å². The van der Waals surface area contributed by atoms with Crippen molar-refractivity contribution < 1.29 is 8.42 Å². The van der Waals surface area contributed by atoms with E-state index in [0.29, 0.717) is 11.4 Å². The number of hydrogen-bond acceptors (Lipinski definition) is 2. The summed E-state index contributed by atoms with van der Waals surface area (Å²) < 4.78 is 29.0. The molecule has 3 nitrogen and oxygen atoms in total. The molecule has 4 heteroatoms. The summed E-state index contributed by atoms with van der Waals surface area (Å²) in [6, 6.07) is 21.8. The first-order valence-electron chi connectivity index (χ1n) is 9.71. The smallest absolute Gasteiger partial charge is 0.207 e. The SMILES string of the molecule is Cc1ccc(S(=O)(=O)N2Cc3ccccc3[C@@H]3c4c(C)cccc4C[C@@H]32)cc1. The Morgan fingerprint density at radius 2 is 1.57 bits per heavy atom. The van der Waals surface area contributed by atoms with E-state index in [1.54, 1.807) is 16.4 Å². The Balaban J connectivity index is 1.68. The lowest BCUT2D eigenvalue weighted by Crippen LogP contribution is -2.45. The fraction of sp³-hybridized carbons (Fsp3) is 0.250. The Kier molecular flexibility index (Phi) is 3.97. The van der Waals surface area contributed by atoms with Crippen molar-refractivity contribution in [1.29, 1.82) is 0 Å². The van der Waals surface area contributed by atoms with E-state index in [9.17, 15) is 8.42 Å². The third-order valence-corrected chi connectivity index (χ3v) is 8.14. The van der Waals surface area contributed by atoms with Crippen LogP contribution in [0.2, 0.25) is 0 Å². The Bertz CT molecular complexity index is 1170. The molecule has 0 saturated heterocycles. The third kappa shape index (κ3) is 2.55. The molecular weight excluding hydrogens is 366 g/mol. The van der Waals surface area contributed by atoms with Gasteiger partial charge < -0.3 is 0 Å². The van der Waals surface area contributed by atoms with Gasteiger partial charge in [0.25, 0.3) is 0 Å². The fourth-order valence-corrected chi connectivity index (χ4v) is 6.52. The van der Waals surface area contributed by atoms with Crippen molar-refractivity contribution in [2.75, 3.05) is 0 Å². The van der Waals surface area contributed by atoms with Gasteiger partial charge in [-0.15, -0.1) is 0 Å². The lowest BCUT2D eigenvalue weighted by molar-refractivity contribution is 0.281. The Labute approximate surface area is 166 Å². The topological polar surface area (TPSA) is 37.4 Å². The lowest BCUT2D eigenvalue weighted by atomic mass is 9.82. The van der Waals surface area contributed by atoms with Gasteiger partial charge in [0.1, 0.15) is 0 Å². The van der Waals surface area contributed by atoms with Crippen LogP contribution in [0.15, 0.2) is 71.6 Å². The van der Waals surface area contributed by atoms with E-state index in [2.05, 4.69) is 43.3 Å². The second-order valence-electron chi connectivity index (χ2n) is 7.96. The molecule has 1 heterocycles. The van der Waals surface area contributed by atoms with Gasteiger partial charge in [-0.2, -0.15) is 4.31 Å². The van der Waals surface area contributed by atoms with Crippen molar-refractivity contribution in [3.05, 3.63) is 100 Å². The van der Waals surface area contributed by atoms with Crippen LogP contribution >= 0.6 is 0 Å². The number of nitrogens with zero attached hydrogens (tertiary/aromatic N) is 1. The minimum atomic E-state index is -3.57. The molecule has 0 fully saturated rings. The predicted octanol–water partition coefficient (Wildman–Crippen LogP) is 4.56. The molecule has 0 radical (unpaired) electrons. The fourth-order valence-electron chi connectivity index (χ4n) is 4.91. The number of sulfonamides is 1. The molecule has 3 aromatic carbocycles. The van der Waals surface area contributed by atoms with E-state index in [4.69, 9.17) is 0 Å². The zero-order valence-corrected chi connectivity index (χ0v) is 16.9. The second-order valence-corrected chi connectivity index (χ2v) is 9.85. The molecule has 0 unspecified atom stereocenters. The van der Waals surface area contributed by atoms with Crippen LogP contribution in [0.5, 0.6) is 0 Å². The zero-order valence-electron chi connectivity index (χ0n) is 16.1. The van der Waals surface area contributed by atoms with Gasteiger partial charge in [-0.1, -0.05) is 60.2 Å². The van der Waals surface area contributed by atoms with Crippen molar-refractivity contribution in [3.63, 3.8) is 0 Å². The highest BCUT2D eigenvalue weighted by Crippen LogP contribution is 2.48. The Morgan fingerprint density at radius 1 is 0.857 bits per heavy atom. The molecule has 0 N–H and O–H groups in total. The minimum absolute atomic E-state index is 0.0719. The summed E-state index contributed by atoms with van der Waals surface area (Å²) >= 11 is 0. The van der Waals surface area contributed by atoms with Crippen molar-refractivity contribution in [2.24, 2.45) is 0 Å². The third-order valence-electron chi connectivity index (χ3n) is 6.25. The summed E-state index contributed by atoms with van der Waals surface area (Å²) in [7, 11) is -3.57. The molecular formula is C24H23NO2S. The van der Waals surface area contributed by atoms with Gasteiger partial charge in [0, 0.05) is 18.5 Å². The van der Waals surface area contributed by atoms with Gasteiger partial charge >= 0.3 is 0 Å². The van der Waals surface area contributed by atoms with Crippen LogP contribution in [0.25, 0.3) is 0 Å². The molecule has 142 valence electrons. The van der Waals surface area contributed by atoms with E-state index >= 15 is 0 Å². The van der Waals surface area contributed by atoms with Crippen LogP contribution in [-0.2, 0) is 23.0 Å². The largest absolute Gasteiger partial charge is 0.243 e. The van der Waals surface area contributed by atoms with Crippen LogP contribution in [0, 0.1) is 13.8 Å². The summed E-state index contributed by atoms with van der Waals surface area (Å²) in [5, 5.41) is 0. The lowest BCUT2D eigenvalue weighted by Gasteiger charge is -2.38. The van der Waals surface area contributed by atoms with Crippen molar-refractivity contribution in [3.8, 4) is 0 Å². The summed E-state index contributed by atoms with van der Waals surface area (Å²) in [4.78, 5) is 0.379. The number of fused-ring (bicyclic) bond motifs is 5. The average molecular weight is 390 g/mol. The molecule has 2 atom stereocenters. The number of benzene rings is 3. The molecule has 0 aromatic heterocycles. The van der Waals surface area contributed by atoms with Gasteiger partial charge in [-0.25, -0.2) is 8.42 Å². The molecule has 28 heavy (non-hydrogen) atoms. The first-order chi connectivity index (χ1) is 13.5. The van der Waals surface area contributed by atoms with E-state index < -0.39 is 10.0 Å². The van der Waals surface area contributed by atoms with Crippen LogP contribution in [0.1, 0.15) is 39.3 Å². The van der Waals surface area contributed by atoms with E-state index in [1.807, 2.05) is 25.1 Å². The molecule has 2 aliphatic rings. The molecule has 1 aliphatic carbocycles. The molecule has 0 saturated carbocycles. The second kappa shape index (κ2) is 6.29. The van der Waals surface area contributed by atoms with Gasteiger partial charge in [0.15, 0.2) is 0 Å². The highest BCUT2D eigenvalue weighted by atomic mass is 32.2. The molecule has 0 spiro atoms. The van der Waals surface area contributed by atoms with Crippen molar-refractivity contribution in [1.82, 2.24) is 4.31 Å². The van der Waals surface area contributed by atoms with Crippen LogP contribution < -0.4 is 0 Å². The number of rotatable bonds is 2. The normalized spacial score (nSPS) is 21.1. The maximum atomic E-state index is 13.6. The number of aryl methyl sites for hydroxylation is 2. The summed E-state index contributed by atoms with van der Waals surface area (Å²) in [5.74, 6) is 0.0985. The maximum Gasteiger partial charge on any atom is 0.243 e. The summed E-state index contributed by atoms with van der Waals surface area (Å²) in [6.45, 7) is 4.54. The average Bonchev–Trinajstić information content (AvgIpc) is 3.08. The molecule has 5 rings (SSSR count). The summed E-state index contributed by atoms with van der Waals surface area (Å²) in [6.07, 6.45) is 0.765. The Morgan fingerprint density at radius 3 is 2.36 bits per heavy atom. The number of hydrogen-bond donors (Lipinski definition) is 0. The first kappa shape index (κ1) is 17.7. The quantitative estimate of drug-likeness (QED) is 0.644. The monoisotopic (exact) mass is 389 g/mol. The highest BCUT2D eigenvalue weighted by molar-refractivity contribution is 7.89. The van der Waals surface area contributed by atoms with E-state index in [1.165, 1.54) is 22.3 Å². The van der Waals surface area contributed by atoms with Crippen LogP contribution in [0.4, 0.5) is 0 Å². The standard InChI is InChI=1S/C24H23NO2S/c1-16-10-12-20(13-11-16)28(26,27)25-15-19-7-3-4-9-21(19)24-22(25)14-18-8-5-6-17(2)23(18)24/h3-13,22,24H,14-15H2,1-2H3/t22-,24-/m0/s1. The highest BCUT2D eigenvalue weighted by Gasteiger charge is 2.46. The molecule has 0 bridgehead atoms. The van der Waals surface area contributed by atoms with Crippen molar-refractivity contribution in [2.45, 2.75) is 43.7 Å². The van der Waals surface area contributed by atoms with Gasteiger partial charge in [-0.05, 0) is 60.2 Å². The van der Waals surface area contributed by atoms with Gasteiger partial charge in [-0.3, -0.25) is 0 Å². The Hall–Kier alpha value is -2.43.